The number of carbonyl (C=O) groups excluding carboxylic acids is 1. The maximum Gasteiger partial charge on any atom is 0.387 e. The Hall–Kier alpha value is -2.36. The molecule has 0 aliphatic heterocycles. The molecule has 0 unspecified atom stereocenters. The molecule has 0 spiro atoms. The molecule has 1 amide bonds. The minimum absolute atomic E-state index is 0.0256. The van der Waals surface area contributed by atoms with Gasteiger partial charge in [0.2, 0.25) is 5.91 Å². The summed E-state index contributed by atoms with van der Waals surface area (Å²) in [6.07, 6.45) is 0.219. The fraction of sp³-hybridized carbons (Fsp3) is 0.333. The number of amides is 1. The minimum Gasteiger partial charge on any atom is -0.433 e. The summed E-state index contributed by atoms with van der Waals surface area (Å²) in [5.74, 6) is -0.357. The maximum atomic E-state index is 12.1. The van der Waals surface area contributed by atoms with Crippen LogP contribution in [0.1, 0.15) is 6.42 Å². The number of ether oxygens (including phenoxy) is 1. The molecular weight excluding hydrogens is 256 g/mol. The highest BCUT2D eigenvalue weighted by Gasteiger charge is 2.09. The van der Waals surface area contributed by atoms with E-state index in [4.69, 9.17) is 5.26 Å². The lowest BCUT2D eigenvalue weighted by Crippen LogP contribution is -2.30. The molecule has 1 rings (SSSR count). The highest BCUT2D eigenvalue weighted by molar-refractivity contribution is 5.81. The van der Waals surface area contributed by atoms with Crippen LogP contribution in [0.2, 0.25) is 0 Å². The topological polar surface area (TPSA) is 74.2 Å². The fourth-order valence-corrected chi connectivity index (χ4v) is 1.31. The third-order valence-corrected chi connectivity index (χ3v) is 2.10. The number of alkyl halides is 2. The Balaban J connectivity index is 2.48. The molecule has 0 saturated heterocycles. The van der Waals surface area contributed by atoms with Gasteiger partial charge in [0, 0.05) is 6.54 Å². The normalized spacial score (nSPS) is 9.79. The number of hydrogen-bond donors (Lipinski definition) is 2. The molecule has 0 atom stereocenters. The molecule has 0 aliphatic carbocycles. The Kier molecular flexibility index (Phi) is 6.09. The number of rotatable bonds is 7. The predicted molar refractivity (Wildman–Crippen MR) is 64.8 cm³/mol. The summed E-state index contributed by atoms with van der Waals surface area (Å²) in [5, 5.41) is 13.5. The number of para-hydroxylation sites is 2. The van der Waals surface area contributed by atoms with Gasteiger partial charge in [-0.3, -0.25) is 4.79 Å². The lowest BCUT2D eigenvalue weighted by atomic mass is 10.3. The zero-order valence-corrected chi connectivity index (χ0v) is 10.0. The first-order chi connectivity index (χ1) is 9.13. The molecule has 1 aromatic rings. The summed E-state index contributed by atoms with van der Waals surface area (Å²) < 4.78 is 28.6. The Morgan fingerprint density at radius 1 is 1.42 bits per heavy atom. The van der Waals surface area contributed by atoms with E-state index in [9.17, 15) is 13.6 Å². The summed E-state index contributed by atoms with van der Waals surface area (Å²) in [6.45, 7) is -2.76. The van der Waals surface area contributed by atoms with Crippen LogP contribution in [0.15, 0.2) is 24.3 Å². The quantitative estimate of drug-likeness (QED) is 0.739. The number of benzene rings is 1. The van der Waals surface area contributed by atoms with Gasteiger partial charge in [-0.1, -0.05) is 12.1 Å². The second-order valence-electron chi connectivity index (χ2n) is 3.49. The Morgan fingerprint density at radius 3 is 2.84 bits per heavy atom. The second kappa shape index (κ2) is 7.87. The van der Waals surface area contributed by atoms with Gasteiger partial charge in [0.25, 0.3) is 0 Å². The summed E-state index contributed by atoms with van der Waals surface area (Å²) in [6, 6.07) is 7.98. The van der Waals surface area contributed by atoms with Gasteiger partial charge in [-0.25, -0.2) is 0 Å². The molecule has 0 aromatic heterocycles. The zero-order valence-electron chi connectivity index (χ0n) is 10.0. The van der Waals surface area contributed by atoms with Gasteiger partial charge in [0.15, 0.2) is 0 Å². The van der Waals surface area contributed by atoms with Crippen molar-refractivity contribution in [2.45, 2.75) is 13.0 Å². The van der Waals surface area contributed by atoms with E-state index in [1.807, 2.05) is 6.07 Å². The van der Waals surface area contributed by atoms with Crippen molar-refractivity contribution >= 4 is 11.6 Å². The molecule has 102 valence electrons. The fourth-order valence-electron chi connectivity index (χ4n) is 1.31. The average molecular weight is 269 g/mol. The SMILES string of the molecule is N#CCCNC(=O)CNc1ccccc1OC(F)F. The maximum absolute atomic E-state index is 12.1. The van der Waals surface area contributed by atoms with Gasteiger partial charge < -0.3 is 15.4 Å². The van der Waals surface area contributed by atoms with Crippen molar-refractivity contribution in [3.05, 3.63) is 24.3 Å². The summed E-state index contributed by atoms with van der Waals surface area (Å²) in [4.78, 5) is 11.4. The van der Waals surface area contributed by atoms with Gasteiger partial charge in [0.05, 0.1) is 24.7 Å². The van der Waals surface area contributed by atoms with E-state index in [1.54, 1.807) is 12.1 Å². The van der Waals surface area contributed by atoms with Gasteiger partial charge >= 0.3 is 6.61 Å². The van der Waals surface area contributed by atoms with Gasteiger partial charge in [-0.2, -0.15) is 14.0 Å². The summed E-state index contributed by atoms with van der Waals surface area (Å²) >= 11 is 0. The number of nitrogens with one attached hydrogen (secondary N) is 2. The third kappa shape index (κ3) is 5.68. The largest absolute Gasteiger partial charge is 0.433 e. The lowest BCUT2D eigenvalue weighted by Gasteiger charge is -2.12. The van der Waals surface area contributed by atoms with Gasteiger partial charge in [-0.05, 0) is 12.1 Å². The molecule has 5 nitrogen and oxygen atoms in total. The van der Waals surface area contributed by atoms with Crippen molar-refractivity contribution < 1.29 is 18.3 Å². The monoisotopic (exact) mass is 269 g/mol. The Bertz CT molecular complexity index is 461. The lowest BCUT2D eigenvalue weighted by molar-refractivity contribution is -0.119. The van der Waals surface area contributed by atoms with Crippen molar-refractivity contribution in [1.29, 1.82) is 5.26 Å². The minimum atomic E-state index is -2.92. The van der Waals surface area contributed by atoms with Gasteiger partial charge in [0.1, 0.15) is 5.75 Å². The Labute approximate surface area is 109 Å². The standard InChI is InChI=1S/C12H13F2N3O2/c13-12(14)19-10-5-2-1-4-9(10)17-8-11(18)16-7-3-6-15/h1-2,4-5,12,17H,3,7-8H2,(H,16,18). The molecule has 0 heterocycles. The highest BCUT2D eigenvalue weighted by Crippen LogP contribution is 2.24. The van der Waals surface area contributed by atoms with Crippen molar-refractivity contribution in [1.82, 2.24) is 5.32 Å². The van der Waals surface area contributed by atoms with Crippen LogP contribution in [0.3, 0.4) is 0 Å². The van der Waals surface area contributed by atoms with E-state index in [0.29, 0.717) is 5.69 Å². The Morgan fingerprint density at radius 2 is 2.16 bits per heavy atom. The zero-order chi connectivity index (χ0) is 14.1. The van der Waals surface area contributed by atoms with Crippen LogP contribution in [0.5, 0.6) is 5.75 Å². The van der Waals surface area contributed by atoms with Crippen LogP contribution in [0.4, 0.5) is 14.5 Å². The molecule has 19 heavy (non-hydrogen) atoms. The summed E-state index contributed by atoms with van der Waals surface area (Å²) in [7, 11) is 0. The first-order valence-electron chi connectivity index (χ1n) is 5.55. The number of halogens is 2. The first-order valence-corrected chi connectivity index (χ1v) is 5.55. The number of nitriles is 1. The predicted octanol–water partition coefficient (Wildman–Crippen LogP) is 1.73. The van der Waals surface area contributed by atoms with Crippen LogP contribution in [0, 0.1) is 11.3 Å². The molecule has 0 saturated carbocycles. The molecule has 0 aliphatic rings. The molecule has 2 N–H and O–H groups in total. The molecule has 0 fully saturated rings. The van der Waals surface area contributed by atoms with E-state index >= 15 is 0 Å². The third-order valence-electron chi connectivity index (χ3n) is 2.10. The second-order valence-corrected chi connectivity index (χ2v) is 3.49. The van der Waals surface area contributed by atoms with Gasteiger partial charge in [-0.15, -0.1) is 0 Å². The average Bonchev–Trinajstić information content (AvgIpc) is 2.37. The summed E-state index contributed by atoms with van der Waals surface area (Å²) in [5.41, 5.74) is 0.304. The van der Waals surface area contributed by atoms with E-state index in [-0.39, 0.29) is 31.2 Å². The molecule has 1 aromatic carbocycles. The molecular formula is C12H13F2N3O2. The molecule has 0 radical (unpaired) electrons. The van der Waals surface area contributed by atoms with E-state index in [1.165, 1.54) is 12.1 Å². The highest BCUT2D eigenvalue weighted by atomic mass is 19.3. The number of carbonyl (C=O) groups is 1. The van der Waals surface area contributed by atoms with Crippen molar-refractivity contribution in [2.75, 3.05) is 18.4 Å². The van der Waals surface area contributed by atoms with E-state index in [2.05, 4.69) is 15.4 Å². The van der Waals surface area contributed by atoms with Crippen molar-refractivity contribution in [3.8, 4) is 11.8 Å². The van der Waals surface area contributed by atoms with E-state index in [0.717, 1.165) is 0 Å². The molecule has 0 bridgehead atoms. The van der Waals surface area contributed by atoms with E-state index < -0.39 is 6.61 Å². The molecule has 7 heteroatoms. The van der Waals surface area contributed by atoms with Crippen molar-refractivity contribution in [3.63, 3.8) is 0 Å². The number of hydrogen-bond acceptors (Lipinski definition) is 4. The van der Waals surface area contributed by atoms with Crippen molar-refractivity contribution in [2.24, 2.45) is 0 Å². The number of nitrogens with zero attached hydrogens (tertiary/aromatic N) is 1. The number of anilines is 1. The smallest absolute Gasteiger partial charge is 0.387 e. The van der Waals surface area contributed by atoms with Crippen LogP contribution in [-0.2, 0) is 4.79 Å². The van der Waals surface area contributed by atoms with Crippen LogP contribution in [0.25, 0.3) is 0 Å². The van der Waals surface area contributed by atoms with Crippen LogP contribution < -0.4 is 15.4 Å². The van der Waals surface area contributed by atoms with Crippen LogP contribution >= 0.6 is 0 Å². The van der Waals surface area contributed by atoms with Crippen LogP contribution in [-0.4, -0.2) is 25.6 Å². The first kappa shape index (κ1) is 14.7.